The summed E-state index contributed by atoms with van der Waals surface area (Å²) >= 11 is 0. The van der Waals surface area contributed by atoms with Crippen LogP contribution in [0, 0.1) is 48.5 Å². The molecule has 108 valence electrons. The molecule has 0 fully saturated rings. The van der Waals surface area contributed by atoms with E-state index in [4.69, 9.17) is 0 Å². The first-order chi connectivity index (χ1) is 9.86. The van der Waals surface area contributed by atoms with Crippen molar-refractivity contribution in [3.8, 4) is 0 Å². The SMILES string of the molecule is O=C(C=Cc1ccccc1)[c-]1[c-][c-][c-][c-]1.[Fe].[c-]1[c-][c-][cH-][c-]1. The van der Waals surface area contributed by atoms with Crippen LogP contribution in [0.25, 0.3) is 6.08 Å². The van der Waals surface area contributed by atoms with Gasteiger partial charge in [0, 0.05) is 17.1 Å². The Kier molecular flexibility index (Phi) is 7.81. The Balaban J connectivity index is 0.000000313. The number of carbonyl (C=O) groups excluding carboxylic acids is 1. The Morgan fingerprint density at radius 2 is 1.62 bits per heavy atom. The summed E-state index contributed by atoms with van der Waals surface area (Å²) in [5.41, 5.74) is 1.37. The molecule has 0 aliphatic carbocycles. The minimum Gasteiger partial charge on any atom is -0.999 e. The number of hydrogen-bond acceptors (Lipinski definition) is 1. The van der Waals surface area contributed by atoms with E-state index in [2.05, 4.69) is 48.5 Å². The molecule has 0 saturated carbocycles. The smallest absolute Gasteiger partial charge is 0 e. The average molecular weight is 308 g/mol. The molecule has 3 aromatic carbocycles. The standard InChI is InChI=1S/C14H7O.C5H.Fe/c15-14(13-8-4-5-9-13)11-10-12-6-2-1-3-7-12;1-2-4-5-3-1;/h1-3,6-7,10-11H;1H;/q2*-5;. The van der Waals surface area contributed by atoms with Crippen molar-refractivity contribution in [2.75, 3.05) is 0 Å². The third-order valence-corrected chi connectivity index (χ3v) is 2.26. The quantitative estimate of drug-likeness (QED) is 0.314. The van der Waals surface area contributed by atoms with Gasteiger partial charge in [0.2, 0.25) is 0 Å². The molecule has 2 heteroatoms. The van der Waals surface area contributed by atoms with Gasteiger partial charge in [-0.25, -0.2) is 0 Å². The van der Waals surface area contributed by atoms with Crippen molar-refractivity contribution in [2.45, 2.75) is 0 Å². The molecule has 0 aliphatic heterocycles. The second kappa shape index (κ2) is 9.71. The Labute approximate surface area is 136 Å². The molecule has 0 atom stereocenters. The van der Waals surface area contributed by atoms with E-state index in [1.807, 2.05) is 30.3 Å². The van der Waals surface area contributed by atoms with Gasteiger partial charge in [-0.05, 0) is 0 Å². The predicted octanol–water partition coefficient (Wildman–Crippen LogP) is 3.11. The molecule has 0 saturated heterocycles. The molecule has 3 aromatic rings. The van der Waals surface area contributed by atoms with Crippen LogP contribution in [0.4, 0.5) is 0 Å². The molecule has 0 radical (unpaired) electrons. The minimum atomic E-state index is -0.128. The summed E-state index contributed by atoms with van der Waals surface area (Å²) in [6, 6.07) is 32.0. The van der Waals surface area contributed by atoms with Crippen LogP contribution < -0.4 is 0 Å². The summed E-state index contributed by atoms with van der Waals surface area (Å²) in [4.78, 5) is 11.5. The first-order valence-corrected chi connectivity index (χ1v) is 5.85. The van der Waals surface area contributed by atoms with Gasteiger partial charge in [-0.15, -0.1) is 0 Å². The first kappa shape index (κ1) is 16.9. The molecule has 0 amide bonds. The zero-order valence-electron chi connectivity index (χ0n) is 10.9. The topological polar surface area (TPSA) is 17.1 Å². The Hall–Kier alpha value is -2.15. The fourth-order valence-electron chi connectivity index (χ4n) is 1.34. The summed E-state index contributed by atoms with van der Waals surface area (Å²) in [5.74, 6) is -0.128. The molecule has 0 bridgehead atoms. The maximum Gasteiger partial charge on any atom is 0 e. The maximum atomic E-state index is 11.5. The summed E-state index contributed by atoms with van der Waals surface area (Å²) < 4.78 is 0. The van der Waals surface area contributed by atoms with E-state index in [-0.39, 0.29) is 22.9 Å². The van der Waals surface area contributed by atoms with E-state index in [1.54, 1.807) is 12.1 Å². The third-order valence-electron chi connectivity index (χ3n) is 2.26. The molecule has 3 rings (SSSR count). The van der Waals surface area contributed by atoms with Crippen molar-refractivity contribution in [1.29, 1.82) is 0 Å². The van der Waals surface area contributed by atoms with Crippen molar-refractivity contribution in [3.63, 3.8) is 0 Å². The fourth-order valence-corrected chi connectivity index (χ4v) is 1.34. The maximum absolute atomic E-state index is 11.5. The second-order valence-corrected chi connectivity index (χ2v) is 3.67. The van der Waals surface area contributed by atoms with Crippen LogP contribution in [-0.2, 0) is 17.1 Å². The molecular formula is C19H8FeO-10. The Bertz CT molecular complexity index is 602. The molecule has 1 nitrogen and oxygen atoms in total. The molecule has 0 spiro atoms. The molecule has 21 heavy (non-hydrogen) atoms. The summed E-state index contributed by atoms with van der Waals surface area (Å²) in [6.07, 6.45) is 3.26. The first-order valence-electron chi connectivity index (χ1n) is 5.85. The summed E-state index contributed by atoms with van der Waals surface area (Å²) in [7, 11) is 0. The largest absolute Gasteiger partial charge is 0.999 e. The minimum absolute atomic E-state index is 0. The molecule has 0 N–H and O–H groups in total. The molecule has 0 unspecified atom stereocenters. The number of hydrogen-bond donors (Lipinski definition) is 0. The number of rotatable bonds is 3. The number of carbonyl (C=O) groups is 1. The van der Waals surface area contributed by atoms with Crippen molar-refractivity contribution in [2.24, 2.45) is 0 Å². The van der Waals surface area contributed by atoms with Crippen LogP contribution in [0.5, 0.6) is 0 Å². The Morgan fingerprint density at radius 1 is 1.00 bits per heavy atom. The van der Waals surface area contributed by atoms with Crippen LogP contribution in [0.2, 0.25) is 0 Å². The Morgan fingerprint density at radius 3 is 2.14 bits per heavy atom. The van der Waals surface area contributed by atoms with Crippen LogP contribution in [0.1, 0.15) is 15.9 Å². The monoisotopic (exact) mass is 308 g/mol. The fraction of sp³-hybridized carbons (Fsp3) is 0. The van der Waals surface area contributed by atoms with Crippen LogP contribution in [0.3, 0.4) is 0 Å². The van der Waals surface area contributed by atoms with Gasteiger partial charge in [0.1, 0.15) is 0 Å². The van der Waals surface area contributed by atoms with Gasteiger partial charge in [0.15, 0.2) is 0 Å². The summed E-state index contributed by atoms with van der Waals surface area (Å²) in [5, 5.41) is 0. The summed E-state index contributed by atoms with van der Waals surface area (Å²) in [6.45, 7) is 0. The third kappa shape index (κ3) is 6.22. The average Bonchev–Trinajstić information content (AvgIpc) is 3.20. The second-order valence-electron chi connectivity index (χ2n) is 3.67. The van der Waals surface area contributed by atoms with Gasteiger partial charge in [-0.1, -0.05) is 35.9 Å². The van der Waals surface area contributed by atoms with E-state index >= 15 is 0 Å². The zero-order valence-corrected chi connectivity index (χ0v) is 12.0. The van der Waals surface area contributed by atoms with Gasteiger partial charge in [-0.2, -0.15) is 6.08 Å². The normalized spacial score (nSPS) is 9.52. The van der Waals surface area contributed by atoms with Gasteiger partial charge < -0.3 is 76.8 Å². The van der Waals surface area contributed by atoms with Crippen LogP contribution in [-0.4, -0.2) is 5.78 Å². The van der Waals surface area contributed by atoms with Crippen LogP contribution in [0.15, 0.2) is 42.5 Å². The van der Waals surface area contributed by atoms with Crippen LogP contribution >= 0.6 is 0 Å². The number of allylic oxidation sites excluding steroid dienone is 1. The zero-order chi connectivity index (χ0) is 14.0. The number of ketones is 1. The van der Waals surface area contributed by atoms with E-state index < -0.39 is 0 Å². The van der Waals surface area contributed by atoms with E-state index in [0.717, 1.165) is 5.56 Å². The molecule has 0 aromatic heterocycles. The van der Waals surface area contributed by atoms with E-state index in [1.165, 1.54) is 6.08 Å². The predicted molar refractivity (Wildman–Crippen MR) is 74.6 cm³/mol. The molecule has 0 heterocycles. The van der Waals surface area contributed by atoms with E-state index in [0.29, 0.717) is 5.56 Å². The van der Waals surface area contributed by atoms with Crippen molar-refractivity contribution >= 4 is 11.9 Å². The van der Waals surface area contributed by atoms with E-state index in [9.17, 15) is 4.79 Å². The van der Waals surface area contributed by atoms with Crippen molar-refractivity contribution < 1.29 is 21.9 Å². The van der Waals surface area contributed by atoms with Gasteiger partial charge in [0.25, 0.3) is 0 Å². The molecule has 0 aliphatic rings. The number of benzene rings is 1. The van der Waals surface area contributed by atoms with Gasteiger partial charge in [-0.3, -0.25) is 0 Å². The molecular weight excluding hydrogens is 300 g/mol. The van der Waals surface area contributed by atoms with Crippen molar-refractivity contribution in [1.82, 2.24) is 0 Å². The van der Waals surface area contributed by atoms with Crippen molar-refractivity contribution in [3.05, 3.63) is 102 Å². The van der Waals surface area contributed by atoms with Gasteiger partial charge >= 0.3 is 0 Å². The van der Waals surface area contributed by atoms with Gasteiger partial charge in [0.05, 0.1) is 0 Å².